The van der Waals surface area contributed by atoms with Gasteiger partial charge in [0, 0.05) is 6.54 Å². The number of amides is 2. The van der Waals surface area contributed by atoms with E-state index in [0.717, 1.165) is 4.90 Å². The van der Waals surface area contributed by atoms with Crippen molar-refractivity contribution < 1.29 is 23.8 Å². The molecule has 0 aromatic rings. The van der Waals surface area contributed by atoms with Crippen LogP contribution < -0.4 is 5.32 Å². The molecule has 0 atom stereocenters. The third kappa shape index (κ3) is 10.4. The molecule has 0 saturated carbocycles. The van der Waals surface area contributed by atoms with E-state index in [0.29, 0.717) is 13.2 Å². The minimum Gasteiger partial charge on any atom is -0.443 e. The first-order valence-corrected chi connectivity index (χ1v) is 7.42. The number of rotatable bonds is 6. The highest BCUT2D eigenvalue weighted by atomic mass is 16.6. The summed E-state index contributed by atoms with van der Waals surface area (Å²) in [6.07, 6.45) is -1.47. The second-order valence-corrected chi connectivity index (χ2v) is 6.83. The summed E-state index contributed by atoms with van der Waals surface area (Å²) in [6, 6.07) is 0. The Labute approximate surface area is 133 Å². The highest BCUT2D eigenvalue weighted by Crippen LogP contribution is 2.14. The molecule has 0 unspecified atom stereocenters. The Morgan fingerprint density at radius 2 is 1.36 bits per heavy atom. The number of likely N-dealkylation sites (N-methyl/N-ethyl adjacent to an activating group) is 1. The zero-order chi connectivity index (χ0) is 17.4. The zero-order valence-corrected chi connectivity index (χ0v) is 14.8. The first-order chi connectivity index (χ1) is 9.96. The Morgan fingerprint density at radius 3 is 1.73 bits per heavy atom. The number of carbonyl (C=O) groups excluding carboxylic acids is 2. The lowest BCUT2D eigenvalue weighted by Crippen LogP contribution is -2.45. The normalized spacial score (nSPS) is 12.0. The Balaban J connectivity index is 4.69. The number of hydrogen-bond donors (Lipinski definition) is 1. The van der Waals surface area contributed by atoms with Crippen LogP contribution in [-0.4, -0.2) is 61.6 Å². The SMILES string of the molecule is CNCCOCCN(C(=O)OC(C)(C)C)C(=O)OC(C)(C)C. The average Bonchev–Trinajstić information content (AvgIpc) is 2.28. The lowest BCUT2D eigenvalue weighted by Gasteiger charge is -2.28. The molecule has 7 heteroatoms. The minimum absolute atomic E-state index is 0.0769. The van der Waals surface area contributed by atoms with Crippen molar-refractivity contribution in [3.63, 3.8) is 0 Å². The molecule has 0 aliphatic carbocycles. The molecule has 0 aliphatic heterocycles. The summed E-state index contributed by atoms with van der Waals surface area (Å²) in [5.74, 6) is 0. The van der Waals surface area contributed by atoms with E-state index in [1.165, 1.54) is 0 Å². The molecule has 0 fully saturated rings. The predicted molar refractivity (Wildman–Crippen MR) is 83.9 cm³/mol. The molecule has 0 aliphatic rings. The fourth-order valence-corrected chi connectivity index (χ4v) is 1.32. The van der Waals surface area contributed by atoms with Gasteiger partial charge in [-0.25, -0.2) is 14.5 Å². The van der Waals surface area contributed by atoms with Gasteiger partial charge in [-0.2, -0.15) is 0 Å². The highest BCUT2D eigenvalue weighted by molar-refractivity contribution is 5.88. The van der Waals surface area contributed by atoms with Gasteiger partial charge in [-0.3, -0.25) is 0 Å². The molecular formula is C15H30N2O5. The molecule has 0 aromatic heterocycles. The summed E-state index contributed by atoms with van der Waals surface area (Å²) < 4.78 is 15.8. The Bertz CT molecular complexity index is 330. The van der Waals surface area contributed by atoms with Crippen LogP contribution in [0.3, 0.4) is 0 Å². The van der Waals surface area contributed by atoms with Crippen LogP contribution in [0.1, 0.15) is 41.5 Å². The molecule has 0 heterocycles. The molecular weight excluding hydrogens is 288 g/mol. The van der Waals surface area contributed by atoms with Gasteiger partial charge in [-0.15, -0.1) is 0 Å². The van der Waals surface area contributed by atoms with Crippen molar-refractivity contribution >= 4 is 12.2 Å². The second-order valence-electron chi connectivity index (χ2n) is 6.83. The second kappa shape index (κ2) is 8.95. The molecule has 0 aromatic carbocycles. The topological polar surface area (TPSA) is 77.1 Å². The summed E-state index contributed by atoms with van der Waals surface area (Å²) in [7, 11) is 1.82. The van der Waals surface area contributed by atoms with Gasteiger partial charge in [0.1, 0.15) is 11.2 Å². The predicted octanol–water partition coefficient (Wildman–Crippen LogP) is 2.39. The number of nitrogens with zero attached hydrogens (tertiary/aromatic N) is 1. The molecule has 0 saturated heterocycles. The molecule has 22 heavy (non-hydrogen) atoms. The summed E-state index contributed by atoms with van der Waals surface area (Å²) in [6.45, 7) is 11.9. The van der Waals surface area contributed by atoms with Crippen LogP contribution in [0.4, 0.5) is 9.59 Å². The maximum absolute atomic E-state index is 12.1. The van der Waals surface area contributed by atoms with E-state index < -0.39 is 23.4 Å². The van der Waals surface area contributed by atoms with Gasteiger partial charge < -0.3 is 19.5 Å². The van der Waals surface area contributed by atoms with Gasteiger partial charge in [-0.05, 0) is 48.6 Å². The van der Waals surface area contributed by atoms with Crippen molar-refractivity contribution in [3.8, 4) is 0 Å². The van der Waals surface area contributed by atoms with Crippen LogP contribution in [0.25, 0.3) is 0 Å². The maximum atomic E-state index is 12.1. The number of nitrogens with one attached hydrogen (secondary N) is 1. The van der Waals surface area contributed by atoms with Crippen molar-refractivity contribution in [1.29, 1.82) is 0 Å². The number of carbonyl (C=O) groups is 2. The number of ether oxygens (including phenoxy) is 3. The Kier molecular flexibility index (Phi) is 8.40. The highest BCUT2D eigenvalue weighted by Gasteiger charge is 2.30. The van der Waals surface area contributed by atoms with Gasteiger partial charge in [0.05, 0.1) is 19.8 Å². The van der Waals surface area contributed by atoms with Crippen molar-refractivity contribution in [2.75, 3.05) is 33.4 Å². The molecule has 0 radical (unpaired) electrons. The molecule has 2 amide bonds. The van der Waals surface area contributed by atoms with E-state index in [2.05, 4.69) is 5.32 Å². The van der Waals surface area contributed by atoms with Crippen LogP contribution in [0, 0.1) is 0 Å². The van der Waals surface area contributed by atoms with Gasteiger partial charge in [0.25, 0.3) is 0 Å². The Hall–Kier alpha value is -1.34. The van der Waals surface area contributed by atoms with Crippen LogP contribution in [0.15, 0.2) is 0 Å². The molecule has 0 rings (SSSR count). The third-order valence-corrected chi connectivity index (χ3v) is 2.18. The van der Waals surface area contributed by atoms with Gasteiger partial charge in [-0.1, -0.05) is 0 Å². The zero-order valence-electron chi connectivity index (χ0n) is 14.8. The van der Waals surface area contributed by atoms with Gasteiger partial charge in [0.15, 0.2) is 0 Å². The largest absolute Gasteiger partial charge is 0.443 e. The first-order valence-electron chi connectivity index (χ1n) is 7.42. The fraction of sp³-hybridized carbons (Fsp3) is 0.867. The van der Waals surface area contributed by atoms with E-state index in [1.54, 1.807) is 41.5 Å². The number of hydrogen-bond acceptors (Lipinski definition) is 6. The smallest absolute Gasteiger partial charge is 0.419 e. The minimum atomic E-state index is -0.737. The summed E-state index contributed by atoms with van der Waals surface area (Å²) in [5.41, 5.74) is -1.38. The first kappa shape index (κ1) is 20.7. The summed E-state index contributed by atoms with van der Waals surface area (Å²) >= 11 is 0. The number of imide groups is 1. The van der Waals surface area contributed by atoms with Crippen LogP contribution in [0.5, 0.6) is 0 Å². The maximum Gasteiger partial charge on any atom is 0.419 e. The standard InChI is InChI=1S/C15H30N2O5/c1-14(2,3)21-12(18)17(9-11-20-10-8-16-7)13(19)22-15(4,5)6/h16H,8-11H2,1-7H3. The van der Waals surface area contributed by atoms with Crippen molar-refractivity contribution in [2.45, 2.75) is 52.7 Å². The van der Waals surface area contributed by atoms with Gasteiger partial charge >= 0.3 is 12.2 Å². The van der Waals surface area contributed by atoms with Crippen molar-refractivity contribution in [1.82, 2.24) is 10.2 Å². The van der Waals surface area contributed by atoms with E-state index in [9.17, 15) is 9.59 Å². The summed E-state index contributed by atoms with van der Waals surface area (Å²) in [5, 5.41) is 2.94. The molecule has 1 N–H and O–H groups in total. The van der Waals surface area contributed by atoms with Gasteiger partial charge in [0.2, 0.25) is 0 Å². The monoisotopic (exact) mass is 318 g/mol. The van der Waals surface area contributed by atoms with Crippen molar-refractivity contribution in [2.24, 2.45) is 0 Å². The summed E-state index contributed by atoms with van der Waals surface area (Å²) in [4.78, 5) is 25.2. The lowest BCUT2D eigenvalue weighted by atomic mass is 10.2. The van der Waals surface area contributed by atoms with E-state index >= 15 is 0 Å². The Morgan fingerprint density at radius 1 is 0.909 bits per heavy atom. The van der Waals surface area contributed by atoms with E-state index in [1.807, 2.05) is 7.05 Å². The van der Waals surface area contributed by atoms with Crippen molar-refractivity contribution in [3.05, 3.63) is 0 Å². The molecule has 7 nitrogen and oxygen atoms in total. The third-order valence-electron chi connectivity index (χ3n) is 2.18. The molecule has 0 spiro atoms. The molecule has 130 valence electrons. The average molecular weight is 318 g/mol. The fourth-order valence-electron chi connectivity index (χ4n) is 1.32. The van der Waals surface area contributed by atoms with E-state index in [-0.39, 0.29) is 13.2 Å². The lowest BCUT2D eigenvalue weighted by molar-refractivity contribution is -0.00445. The van der Waals surface area contributed by atoms with Crippen LogP contribution in [-0.2, 0) is 14.2 Å². The van der Waals surface area contributed by atoms with Crippen LogP contribution >= 0.6 is 0 Å². The van der Waals surface area contributed by atoms with E-state index in [4.69, 9.17) is 14.2 Å². The van der Waals surface area contributed by atoms with Crippen LogP contribution in [0.2, 0.25) is 0 Å². The molecule has 0 bridgehead atoms. The quantitative estimate of drug-likeness (QED) is 0.758.